The van der Waals surface area contributed by atoms with E-state index in [0.717, 1.165) is 20.2 Å². The summed E-state index contributed by atoms with van der Waals surface area (Å²) in [6, 6.07) is 3.73. The van der Waals surface area contributed by atoms with Crippen molar-refractivity contribution < 1.29 is 4.79 Å². The quantitative estimate of drug-likeness (QED) is 0.760. The third kappa shape index (κ3) is 1.71. The zero-order valence-corrected chi connectivity index (χ0v) is 9.70. The van der Waals surface area contributed by atoms with Crippen LogP contribution in [0.2, 0.25) is 0 Å². The minimum absolute atomic E-state index is 0.157. The summed E-state index contributed by atoms with van der Waals surface area (Å²) < 4.78 is 1.89. The lowest BCUT2D eigenvalue weighted by atomic mass is 10.1. The van der Waals surface area contributed by atoms with E-state index in [1.54, 1.807) is 0 Å². The monoisotopic (exact) mass is 304 g/mol. The van der Waals surface area contributed by atoms with Crippen molar-refractivity contribution in [2.24, 2.45) is 0 Å². The lowest BCUT2D eigenvalue weighted by molar-refractivity contribution is 0.251. The molecule has 0 bridgehead atoms. The molecule has 0 saturated carbocycles. The summed E-state index contributed by atoms with van der Waals surface area (Å²) in [4.78, 5) is 11.0. The van der Waals surface area contributed by atoms with Crippen molar-refractivity contribution in [1.29, 1.82) is 0 Å². The molecular formula is C8H6Br2N2O. The summed E-state index contributed by atoms with van der Waals surface area (Å²) in [5.74, 6) is 0. The number of fused-ring (bicyclic) bond motifs is 1. The first-order valence-corrected chi connectivity index (χ1v) is 5.28. The van der Waals surface area contributed by atoms with Crippen LogP contribution in [-0.2, 0) is 6.54 Å². The second kappa shape index (κ2) is 3.31. The Kier molecular flexibility index (Phi) is 2.29. The van der Waals surface area contributed by atoms with E-state index in [0.29, 0.717) is 6.54 Å². The van der Waals surface area contributed by atoms with E-state index >= 15 is 0 Å². The molecule has 2 N–H and O–H groups in total. The highest BCUT2D eigenvalue weighted by atomic mass is 79.9. The molecule has 1 aromatic rings. The number of urea groups is 1. The van der Waals surface area contributed by atoms with E-state index in [4.69, 9.17) is 0 Å². The number of nitrogens with one attached hydrogen (secondary N) is 2. The average Bonchev–Trinajstić information content (AvgIpc) is 2.06. The van der Waals surface area contributed by atoms with Gasteiger partial charge in [0.1, 0.15) is 0 Å². The highest BCUT2D eigenvalue weighted by Gasteiger charge is 2.16. The number of amides is 2. The molecule has 0 atom stereocenters. The molecule has 0 aromatic heterocycles. The molecule has 3 nitrogen and oxygen atoms in total. The topological polar surface area (TPSA) is 41.1 Å². The molecule has 0 saturated heterocycles. The van der Waals surface area contributed by atoms with Crippen molar-refractivity contribution >= 4 is 43.6 Å². The molecule has 2 rings (SSSR count). The lowest BCUT2D eigenvalue weighted by Gasteiger charge is -2.19. The van der Waals surface area contributed by atoms with E-state index in [1.807, 2.05) is 12.1 Å². The number of rotatable bonds is 0. The minimum atomic E-state index is -0.157. The van der Waals surface area contributed by atoms with Crippen LogP contribution in [0.3, 0.4) is 0 Å². The molecule has 0 radical (unpaired) electrons. The van der Waals surface area contributed by atoms with Gasteiger partial charge in [0, 0.05) is 15.5 Å². The maximum absolute atomic E-state index is 11.0. The summed E-state index contributed by atoms with van der Waals surface area (Å²) in [5, 5.41) is 5.44. The Morgan fingerprint density at radius 2 is 2.08 bits per heavy atom. The SMILES string of the molecule is O=C1NCc2cc(Br)cc(Br)c2N1. The van der Waals surface area contributed by atoms with E-state index in [1.165, 1.54) is 0 Å². The van der Waals surface area contributed by atoms with Crippen LogP contribution < -0.4 is 10.6 Å². The molecule has 5 heteroatoms. The number of carbonyl (C=O) groups excluding carboxylic acids is 1. The summed E-state index contributed by atoms with van der Waals surface area (Å²) in [5.41, 5.74) is 1.92. The minimum Gasteiger partial charge on any atom is -0.334 e. The van der Waals surface area contributed by atoms with Crippen LogP contribution in [0.15, 0.2) is 21.1 Å². The first-order valence-electron chi connectivity index (χ1n) is 3.69. The standard InChI is InChI=1S/C8H6Br2N2O/c9-5-1-4-3-11-8(13)12-7(4)6(10)2-5/h1-2H,3H2,(H2,11,12,13). The molecule has 13 heavy (non-hydrogen) atoms. The van der Waals surface area contributed by atoms with Crippen LogP contribution >= 0.6 is 31.9 Å². The lowest BCUT2D eigenvalue weighted by Crippen LogP contribution is -2.33. The van der Waals surface area contributed by atoms with E-state index in [2.05, 4.69) is 42.5 Å². The van der Waals surface area contributed by atoms with Gasteiger partial charge in [0.2, 0.25) is 0 Å². The molecule has 0 aliphatic carbocycles. The number of anilines is 1. The second-order valence-electron chi connectivity index (χ2n) is 2.73. The second-order valence-corrected chi connectivity index (χ2v) is 4.50. The van der Waals surface area contributed by atoms with Crippen LogP contribution in [0.4, 0.5) is 10.5 Å². The Balaban J connectivity index is 2.53. The van der Waals surface area contributed by atoms with Crippen LogP contribution in [0, 0.1) is 0 Å². The number of benzene rings is 1. The van der Waals surface area contributed by atoms with E-state index in [-0.39, 0.29) is 6.03 Å². The molecule has 0 spiro atoms. The van der Waals surface area contributed by atoms with Gasteiger partial charge in [-0.2, -0.15) is 0 Å². The molecule has 1 heterocycles. The van der Waals surface area contributed by atoms with Crippen molar-refractivity contribution in [2.75, 3.05) is 5.32 Å². The summed E-state index contributed by atoms with van der Waals surface area (Å²) in [6.07, 6.45) is 0. The van der Waals surface area contributed by atoms with Gasteiger partial charge < -0.3 is 10.6 Å². The highest BCUT2D eigenvalue weighted by molar-refractivity contribution is 9.11. The Morgan fingerprint density at radius 1 is 1.31 bits per heavy atom. The predicted octanol–water partition coefficient (Wildman–Crippen LogP) is 2.85. The number of hydrogen-bond acceptors (Lipinski definition) is 1. The van der Waals surface area contributed by atoms with Crippen molar-refractivity contribution in [3.05, 3.63) is 26.6 Å². The zero-order chi connectivity index (χ0) is 9.42. The molecule has 1 aliphatic rings. The molecule has 68 valence electrons. The number of hydrogen-bond donors (Lipinski definition) is 2. The first-order chi connectivity index (χ1) is 6.16. The zero-order valence-electron chi connectivity index (χ0n) is 6.53. The van der Waals surface area contributed by atoms with Crippen LogP contribution in [0.1, 0.15) is 5.56 Å². The highest BCUT2D eigenvalue weighted by Crippen LogP contribution is 2.32. The van der Waals surface area contributed by atoms with E-state index in [9.17, 15) is 4.79 Å². The Hall–Kier alpha value is -0.550. The van der Waals surface area contributed by atoms with Crippen molar-refractivity contribution in [3.8, 4) is 0 Å². The molecular weight excluding hydrogens is 300 g/mol. The van der Waals surface area contributed by atoms with Gasteiger partial charge in [-0.15, -0.1) is 0 Å². The molecule has 1 aliphatic heterocycles. The Bertz CT molecular complexity index is 379. The largest absolute Gasteiger partial charge is 0.334 e. The number of halogens is 2. The average molecular weight is 306 g/mol. The predicted molar refractivity (Wildman–Crippen MR) is 57.7 cm³/mol. The van der Waals surface area contributed by atoms with Crippen LogP contribution in [0.5, 0.6) is 0 Å². The van der Waals surface area contributed by atoms with E-state index < -0.39 is 0 Å². The van der Waals surface area contributed by atoms with Crippen LogP contribution in [-0.4, -0.2) is 6.03 Å². The van der Waals surface area contributed by atoms with Crippen molar-refractivity contribution in [2.45, 2.75) is 6.54 Å². The van der Waals surface area contributed by atoms with Gasteiger partial charge in [0.25, 0.3) is 0 Å². The molecule has 0 unspecified atom stereocenters. The number of carbonyl (C=O) groups is 1. The van der Waals surface area contributed by atoms with Gasteiger partial charge in [-0.3, -0.25) is 0 Å². The maximum atomic E-state index is 11.0. The summed E-state index contributed by atoms with van der Waals surface area (Å²) >= 11 is 6.77. The van der Waals surface area contributed by atoms with Crippen LogP contribution in [0.25, 0.3) is 0 Å². The van der Waals surface area contributed by atoms with Crippen molar-refractivity contribution in [1.82, 2.24) is 5.32 Å². The summed E-state index contributed by atoms with van der Waals surface area (Å²) in [7, 11) is 0. The third-order valence-corrected chi connectivity index (χ3v) is 2.90. The molecule has 2 amide bonds. The van der Waals surface area contributed by atoms with Gasteiger partial charge >= 0.3 is 6.03 Å². The fourth-order valence-corrected chi connectivity index (χ4v) is 2.65. The molecule has 0 fully saturated rings. The molecule has 1 aromatic carbocycles. The van der Waals surface area contributed by atoms with Gasteiger partial charge in [-0.05, 0) is 33.6 Å². The Labute approximate surface area is 92.2 Å². The normalized spacial score (nSPS) is 14.5. The van der Waals surface area contributed by atoms with Crippen molar-refractivity contribution in [3.63, 3.8) is 0 Å². The fourth-order valence-electron chi connectivity index (χ4n) is 1.24. The maximum Gasteiger partial charge on any atom is 0.319 e. The van der Waals surface area contributed by atoms with Gasteiger partial charge in [-0.1, -0.05) is 15.9 Å². The third-order valence-electron chi connectivity index (χ3n) is 1.81. The van der Waals surface area contributed by atoms with Gasteiger partial charge in [-0.25, -0.2) is 4.79 Å². The summed E-state index contributed by atoms with van der Waals surface area (Å²) in [6.45, 7) is 0.569. The fraction of sp³-hybridized carbons (Fsp3) is 0.125. The Morgan fingerprint density at radius 3 is 2.85 bits per heavy atom. The van der Waals surface area contributed by atoms with Gasteiger partial charge in [0.15, 0.2) is 0 Å². The smallest absolute Gasteiger partial charge is 0.319 e. The first kappa shape index (κ1) is 9.02. The van der Waals surface area contributed by atoms with Gasteiger partial charge in [0.05, 0.1) is 5.69 Å².